The molecular weight excluding hydrogens is 378 g/mol. The largest absolute Gasteiger partial charge is 0.495 e. The number of sulfonamides is 1. The van der Waals surface area contributed by atoms with E-state index < -0.39 is 10.0 Å². The molecule has 1 N–H and O–H groups in total. The van der Waals surface area contributed by atoms with E-state index in [-0.39, 0.29) is 10.9 Å². The Balaban J connectivity index is 2.36. The van der Waals surface area contributed by atoms with Gasteiger partial charge in [0.25, 0.3) is 0 Å². The number of aryl methyl sites for hydroxylation is 1. The number of rotatable bonds is 6. The number of halogens is 1. The molecule has 0 aliphatic carbocycles. The molecule has 0 saturated heterocycles. The lowest BCUT2D eigenvalue weighted by molar-refractivity contribution is 0.401. The molecule has 0 aliphatic heterocycles. The Bertz CT molecular complexity index is 773. The van der Waals surface area contributed by atoms with Crippen LogP contribution in [-0.4, -0.2) is 15.5 Å². The molecule has 6 heteroatoms. The van der Waals surface area contributed by atoms with Crippen LogP contribution in [0.2, 0.25) is 0 Å². The minimum absolute atomic E-state index is 0.163. The smallest absolute Gasteiger partial charge is 0.244 e. The molecule has 2 aromatic rings. The van der Waals surface area contributed by atoms with Gasteiger partial charge in [0, 0.05) is 10.5 Å². The van der Waals surface area contributed by atoms with Crippen LogP contribution in [-0.2, 0) is 10.0 Å². The SMILES string of the molecule is CC[C@H](NS(=O)(=O)c1cc(C)ccc1OC)c1ccc(Br)cc1. The molecule has 4 nitrogen and oxygen atoms in total. The van der Waals surface area contributed by atoms with Gasteiger partial charge < -0.3 is 4.74 Å². The van der Waals surface area contributed by atoms with Crippen molar-refractivity contribution in [1.82, 2.24) is 4.72 Å². The van der Waals surface area contributed by atoms with E-state index >= 15 is 0 Å². The van der Waals surface area contributed by atoms with Crippen molar-refractivity contribution in [3.63, 3.8) is 0 Å². The van der Waals surface area contributed by atoms with Gasteiger partial charge in [-0.25, -0.2) is 13.1 Å². The molecule has 0 unspecified atom stereocenters. The first-order valence-electron chi connectivity index (χ1n) is 7.30. The molecule has 0 spiro atoms. The molecule has 1 atom stereocenters. The van der Waals surface area contributed by atoms with Crippen LogP contribution in [0.4, 0.5) is 0 Å². The summed E-state index contributed by atoms with van der Waals surface area (Å²) in [6.45, 7) is 3.80. The minimum Gasteiger partial charge on any atom is -0.495 e. The lowest BCUT2D eigenvalue weighted by atomic mass is 10.1. The van der Waals surface area contributed by atoms with E-state index in [0.29, 0.717) is 12.2 Å². The number of benzene rings is 2. The van der Waals surface area contributed by atoms with Crippen molar-refractivity contribution in [2.75, 3.05) is 7.11 Å². The zero-order chi connectivity index (χ0) is 17.0. The summed E-state index contributed by atoms with van der Waals surface area (Å²) in [4.78, 5) is 0.163. The van der Waals surface area contributed by atoms with Gasteiger partial charge in [0.2, 0.25) is 10.0 Å². The van der Waals surface area contributed by atoms with Gasteiger partial charge >= 0.3 is 0 Å². The van der Waals surface area contributed by atoms with Crippen molar-refractivity contribution in [2.45, 2.75) is 31.2 Å². The van der Waals surface area contributed by atoms with Gasteiger partial charge in [-0.2, -0.15) is 0 Å². The Morgan fingerprint density at radius 3 is 2.39 bits per heavy atom. The van der Waals surface area contributed by atoms with Crippen LogP contribution in [0, 0.1) is 6.92 Å². The summed E-state index contributed by atoms with van der Waals surface area (Å²) in [5.41, 5.74) is 1.79. The maximum Gasteiger partial charge on any atom is 0.244 e. The fourth-order valence-corrected chi connectivity index (χ4v) is 4.15. The zero-order valence-corrected chi connectivity index (χ0v) is 15.7. The first-order valence-corrected chi connectivity index (χ1v) is 9.57. The highest BCUT2D eigenvalue weighted by molar-refractivity contribution is 9.10. The highest BCUT2D eigenvalue weighted by Crippen LogP contribution is 2.27. The average Bonchev–Trinajstić information content (AvgIpc) is 2.53. The number of nitrogens with one attached hydrogen (secondary N) is 1. The number of methoxy groups -OCH3 is 1. The summed E-state index contributed by atoms with van der Waals surface area (Å²) in [5, 5.41) is 0. The van der Waals surface area contributed by atoms with Gasteiger partial charge in [-0.3, -0.25) is 0 Å². The standard InChI is InChI=1S/C17H20BrNO3S/c1-4-15(13-6-8-14(18)9-7-13)19-23(20,21)17-11-12(2)5-10-16(17)22-3/h5-11,15,19H,4H2,1-3H3/t15-/m0/s1. The lowest BCUT2D eigenvalue weighted by Gasteiger charge is -2.19. The van der Waals surface area contributed by atoms with E-state index in [1.165, 1.54) is 7.11 Å². The zero-order valence-electron chi connectivity index (χ0n) is 13.3. The molecule has 0 heterocycles. The van der Waals surface area contributed by atoms with Gasteiger partial charge in [0.05, 0.1) is 7.11 Å². The molecule has 0 saturated carbocycles. The van der Waals surface area contributed by atoms with Crippen molar-refractivity contribution < 1.29 is 13.2 Å². The normalized spacial score (nSPS) is 12.9. The van der Waals surface area contributed by atoms with Crippen molar-refractivity contribution in [3.8, 4) is 5.75 Å². The van der Waals surface area contributed by atoms with Gasteiger partial charge in [-0.05, 0) is 48.7 Å². The third-order valence-corrected chi connectivity index (χ3v) is 5.61. The number of ether oxygens (including phenoxy) is 1. The Labute approximate surface area is 146 Å². The average molecular weight is 398 g/mol. The van der Waals surface area contributed by atoms with E-state index in [4.69, 9.17) is 4.74 Å². The van der Waals surface area contributed by atoms with E-state index in [2.05, 4.69) is 20.7 Å². The molecule has 0 amide bonds. The minimum atomic E-state index is -3.68. The summed E-state index contributed by atoms with van der Waals surface area (Å²) in [7, 11) is -2.21. The van der Waals surface area contributed by atoms with Gasteiger partial charge in [0.1, 0.15) is 10.6 Å². The predicted molar refractivity (Wildman–Crippen MR) is 95.2 cm³/mol. The second kappa shape index (κ2) is 7.47. The Hall–Kier alpha value is -1.37. The van der Waals surface area contributed by atoms with Crippen molar-refractivity contribution in [2.24, 2.45) is 0 Å². The second-order valence-corrected chi connectivity index (χ2v) is 7.89. The Morgan fingerprint density at radius 1 is 1.17 bits per heavy atom. The van der Waals surface area contributed by atoms with Gasteiger partial charge in [0.15, 0.2) is 0 Å². The third kappa shape index (κ3) is 4.34. The van der Waals surface area contributed by atoms with Gasteiger partial charge in [-0.1, -0.05) is 41.1 Å². The van der Waals surface area contributed by atoms with Crippen molar-refractivity contribution in [3.05, 3.63) is 58.1 Å². The van der Waals surface area contributed by atoms with Crippen LogP contribution in [0.5, 0.6) is 5.75 Å². The maximum absolute atomic E-state index is 12.8. The molecule has 23 heavy (non-hydrogen) atoms. The van der Waals surface area contributed by atoms with Crippen molar-refractivity contribution >= 4 is 26.0 Å². The van der Waals surface area contributed by atoms with Crippen LogP contribution < -0.4 is 9.46 Å². The second-order valence-electron chi connectivity index (χ2n) is 5.29. The van der Waals surface area contributed by atoms with E-state index in [0.717, 1.165) is 15.6 Å². The molecule has 0 bridgehead atoms. The Kier molecular flexibility index (Phi) is 5.84. The van der Waals surface area contributed by atoms with E-state index in [1.54, 1.807) is 12.1 Å². The number of hydrogen-bond acceptors (Lipinski definition) is 3. The van der Waals surface area contributed by atoms with Gasteiger partial charge in [-0.15, -0.1) is 0 Å². The molecular formula is C17H20BrNO3S. The summed E-state index contributed by atoms with van der Waals surface area (Å²) in [6.07, 6.45) is 0.648. The summed E-state index contributed by atoms with van der Waals surface area (Å²) < 4.78 is 34.5. The Morgan fingerprint density at radius 2 is 1.83 bits per heavy atom. The van der Waals surface area contributed by atoms with Crippen LogP contribution >= 0.6 is 15.9 Å². The molecule has 2 rings (SSSR count). The first kappa shape index (κ1) is 18.0. The molecule has 0 radical (unpaired) electrons. The monoisotopic (exact) mass is 397 g/mol. The van der Waals surface area contributed by atoms with Crippen LogP contribution in [0.25, 0.3) is 0 Å². The summed E-state index contributed by atoms with van der Waals surface area (Å²) >= 11 is 3.39. The highest BCUT2D eigenvalue weighted by Gasteiger charge is 2.23. The molecule has 2 aromatic carbocycles. The summed E-state index contributed by atoms with van der Waals surface area (Å²) in [6, 6.07) is 12.4. The van der Waals surface area contributed by atoms with Crippen LogP contribution in [0.15, 0.2) is 51.8 Å². The van der Waals surface area contributed by atoms with E-state index in [1.807, 2.05) is 44.2 Å². The number of hydrogen-bond donors (Lipinski definition) is 1. The highest BCUT2D eigenvalue weighted by atomic mass is 79.9. The fraction of sp³-hybridized carbons (Fsp3) is 0.294. The lowest BCUT2D eigenvalue weighted by Crippen LogP contribution is -2.28. The maximum atomic E-state index is 12.8. The molecule has 0 aromatic heterocycles. The molecule has 0 aliphatic rings. The van der Waals surface area contributed by atoms with Crippen LogP contribution in [0.1, 0.15) is 30.5 Å². The third-order valence-electron chi connectivity index (χ3n) is 3.59. The first-order chi connectivity index (χ1) is 10.9. The predicted octanol–water partition coefficient (Wildman–Crippen LogP) is 4.20. The molecule has 0 fully saturated rings. The quantitative estimate of drug-likeness (QED) is 0.794. The topological polar surface area (TPSA) is 55.4 Å². The van der Waals surface area contributed by atoms with E-state index in [9.17, 15) is 8.42 Å². The van der Waals surface area contributed by atoms with Crippen molar-refractivity contribution in [1.29, 1.82) is 0 Å². The molecule has 124 valence electrons. The fourth-order valence-electron chi connectivity index (χ4n) is 2.33. The van der Waals surface area contributed by atoms with Crippen LogP contribution in [0.3, 0.4) is 0 Å². The summed E-state index contributed by atoms with van der Waals surface area (Å²) in [5.74, 6) is 0.341.